The predicted molar refractivity (Wildman–Crippen MR) is 68.1 cm³/mol. The molecule has 1 unspecified atom stereocenters. The number of hydrogen-bond donors (Lipinski definition) is 2. The molecule has 0 spiro atoms. The van der Waals surface area contributed by atoms with Crippen LogP contribution in [-0.2, 0) is 0 Å². The van der Waals surface area contributed by atoms with E-state index in [-0.39, 0.29) is 23.4 Å². The van der Waals surface area contributed by atoms with E-state index in [1.807, 2.05) is 20.8 Å². The quantitative estimate of drug-likeness (QED) is 0.843. The van der Waals surface area contributed by atoms with Gasteiger partial charge in [-0.15, -0.1) is 0 Å². The van der Waals surface area contributed by atoms with Crippen LogP contribution in [0, 0.1) is 5.92 Å². The summed E-state index contributed by atoms with van der Waals surface area (Å²) in [5, 5.41) is 18.4. The predicted octanol–water partition coefficient (Wildman–Crippen LogP) is 2.25. The fourth-order valence-corrected chi connectivity index (χ4v) is 2.33. The van der Waals surface area contributed by atoms with Crippen molar-refractivity contribution in [3.63, 3.8) is 0 Å². The first-order chi connectivity index (χ1) is 8.42. The van der Waals surface area contributed by atoms with Gasteiger partial charge < -0.3 is 10.2 Å². The van der Waals surface area contributed by atoms with E-state index in [2.05, 4.69) is 0 Å². The van der Waals surface area contributed by atoms with E-state index in [9.17, 15) is 14.7 Å². The van der Waals surface area contributed by atoms with Crippen molar-refractivity contribution in [2.24, 2.45) is 5.92 Å². The van der Waals surface area contributed by atoms with Gasteiger partial charge in [0.2, 0.25) is 0 Å². The Morgan fingerprint density at radius 3 is 2.33 bits per heavy atom. The number of carboxylic acids is 1. The van der Waals surface area contributed by atoms with Gasteiger partial charge in [-0.25, -0.2) is 4.79 Å². The van der Waals surface area contributed by atoms with Crippen molar-refractivity contribution in [1.29, 1.82) is 0 Å². The third-order valence-electron chi connectivity index (χ3n) is 3.41. The fourth-order valence-electron chi connectivity index (χ4n) is 2.33. The highest BCUT2D eigenvalue weighted by Crippen LogP contribution is 2.25. The lowest BCUT2D eigenvalue weighted by Gasteiger charge is -2.25. The zero-order valence-electron chi connectivity index (χ0n) is 10.9. The van der Waals surface area contributed by atoms with E-state index in [4.69, 9.17) is 5.11 Å². The third-order valence-corrected chi connectivity index (χ3v) is 3.41. The SMILES string of the molecule is CCC(CC)C(C)n1c(C(=O)O)cc(O)cc1=O. The summed E-state index contributed by atoms with van der Waals surface area (Å²) >= 11 is 0. The van der Waals surface area contributed by atoms with Gasteiger partial charge in [0.25, 0.3) is 5.56 Å². The molecular weight excluding hydrogens is 234 g/mol. The van der Waals surface area contributed by atoms with Gasteiger partial charge in [-0.2, -0.15) is 0 Å². The van der Waals surface area contributed by atoms with Gasteiger partial charge in [-0.05, 0) is 12.8 Å². The molecule has 5 heteroatoms. The minimum Gasteiger partial charge on any atom is -0.508 e. The highest BCUT2D eigenvalue weighted by atomic mass is 16.4. The molecule has 1 atom stereocenters. The van der Waals surface area contributed by atoms with Crippen LogP contribution >= 0.6 is 0 Å². The van der Waals surface area contributed by atoms with Crippen molar-refractivity contribution in [2.45, 2.75) is 39.7 Å². The maximum Gasteiger partial charge on any atom is 0.352 e. The first kappa shape index (κ1) is 14.3. The molecule has 100 valence electrons. The molecule has 18 heavy (non-hydrogen) atoms. The van der Waals surface area contributed by atoms with Gasteiger partial charge in [0, 0.05) is 18.2 Å². The van der Waals surface area contributed by atoms with Crippen molar-refractivity contribution < 1.29 is 15.0 Å². The summed E-state index contributed by atoms with van der Waals surface area (Å²) in [5.74, 6) is -1.29. The summed E-state index contributed by atoms with van der Waals surface area (Å²) in [6.45, 7) is 5.86. The Morgan fingerprint density at radius 1 is 1.33 bits per heavy atom. The maximum absolute atomic E-state index is 11.9. The molecule has 0 aromatic carbocycles. The molecule has 0 bridgehead atoms. The Labute approximate surface area is 106 Å². The molecule has 0 aliphatic heterocycles. The molecule has 0 radical (unpaired) electrons. The number of carboxylic acid groups (broad SMARTS) is 1. The topological polar surface area (TPSA) is 79.5 Å². The Bertz CT molecular complexity index is 488. The highest BCUT2D eigenvalue weighted by Gasteiger charge is 2.22. The number of hydrogen-bond acceptors (Lipinski definition) is 3. The number of aromatic nitrogens is 1. The van der Waals surface area contributed by atoms with Crippen molar-refractivity contribution >= 4 is 5.97 Å². The molecule has 1 heterocycles. The zero-order valence-corrected chi connectivity index (χ0v) is 10.9. The maximum atomic E-state index is 11.9. The number of carbonyl (C=O) groups is 1. The average molecular weight is 253 g/mol. The lowest BCUT2D eigenvalue weighted by Crippen LogP contribution is -2.31. The van der Waals surface area contributed by atoms with E-state index in [1.165, 1.54) is 4.57 Å². The molecule has 0 amide bonds. The van der Waals surface area contributed by atoms with E-state index >= 15 is 0 Å². The lowest BCUT2D eigenvalue weighted by molar-refractivity contribution is 0.0677. The van der Waals surface area contributed by atoms with Gasteiger partial charge >= 0.3 is 5.97 Å². The summed E-state index contributed by atoms with van der Waals surface area (Å²) < 4.78 is 1.25. The monoisotopic (exact) mass is 253 g/mol. The fraction of sp³-hybridized carbons (Fsp3) is 0.538. The first-order valence-corrected chi connectivity index (χ1v) is 6.11. The second-order valence-electron chi connectivity index (χ2n) is 4.43. The van der Waals surface area contributed by atoms with Gasteiger partial charge in [0.15, 0.2) is 0 Å². The molecule has 1 rings (SSSR count). The molecule has 5 nitrogen and oxygen atoms in total. The van der Waals surface area contributed by atoms with Crippen molar-refractivity contribution in [3.8, 4) is 5.75 Å². The van der Waals surface area contributed by atoms with Crippen molar-refractivity contribution in [3.05, 3.63) is 28.2 Å². The number of aromatic hydroxyl groups is 1. The van der Waals surface area contributed by atoms with Crippen molar-refractivity contribution in [2.75, 3.05) is 0 Å². The minimum atomic E-state index is -1.21. The van der Waals surface area contributed by atoms with Gasteiger partial charge in [-0.1, -0.05) is 26.7 Å². The molecule has 2 N–H and O–H groups in total. The third kappa shape index (κ3) is 2.72. The van der Waals surface area contributed by atoms with Crippen LogP contribution in [0.1, 0.15) is 50.1 Å². The van der Waals surface area contributed by atoms with E-state index < -0.39 is 11.5 Å². The number of aromatic carboxylic acids is 1. The van der Waals surface area contributed by atoms with Crippen molar-refractivity contribution in [1.82, 2.24) is 4.57 Å². The van der Waals surface area contributed by atoms with Gasteiger partial charge in [-0.3, -0.25) is 9.36 Å². The smallest absolute Gasteiger partial charge is 0.352 e. The molecule has 0 aliphatic carbocycles. The normalized spacial score (nSPS) is 12.7. The molecule has 1 aromatic heterocycles. The molecule has 0 saturated carbocycles. The van der Waals surface area contributed by atoms with E-state index in [1.54, 1.807) is 0 Å². The molecular formula is C13H19NO4. The summed E-state index contributed by atoms with van der Waals surface area (Å²) in [7, 11) is 0. The lowest BCUT2D eigenvalue weighted by atomic mass is 9.95. The minimum absolute atomic E-state index is 0.167. The first-order valence-electron chi connectivity index (χ1n) is 6.11. The Kier molecular flexibility index (Phi) is 4.53. The molecule has 0 saturated heterocycles. The standard InChI is InChI=1S/C13H19NO4/c1-4-9(5-2)8(3)14-11(13(17)18)6-10(15)7-12(14)16/h6-9,15H,4-5H2,1-3H3,(H,17,18). The summed E-state index contributed by atoms with van der Waals surface area (Å²) in [6.07, 6.45) is 1.73. The number of pyridine rings is 1. The van der Waals surface area contributed by atoms with Crippen LogP contribution in [0.4, 0.5) is 0 Å². The van der Waals surface area contributed by atoms with Crippen LogP contribution < -0.4 is 5.56 Å². The Hall–Kier alpha value is -1.78. The number of rotatable bonds is 5. The zero-order chi connectivity index (χ0) is 13.9. The Balaban J connectivity index is 3.39. The molecule has 0 fully saturated rings. The summed E-state index contributed by atoms with van der Waals surface area (Å²) in [5.41, 5.74) is -0.647. The summed E-state index contributed by atoms with van der Waals surface area (Å²) in [4.78, 5) is 23.0. The molecule has 1 aromatic rings. The van der Waals surface area contributed by atoms with Crippen LogP contribution in [0.3, 0.4) is 0 Å². The molecule has 0 aliphatic rings. The second-order valence-corrected chi connectivity index (χ2v) is 4.43. The van der Waals surface area contributed by atoms with Crippen LogP contribution in [0.25, 0.3) is 0 Å². The largest absolute Gasteiger partial charge is 0.508 e. The van der Waals surface area contributed by atoms with Crippen LogP contribution in [0.5, 0.6) is 5.75 Å². The number of nitrogens with zero attached hydrogens (tertiary/aromatic N) is 1. The average Bonchev–Trinajstić information content (AvgIpc) is 2.29. The van der Waals surface area contributed by atoms with Gasteiger partial charge in [0.1, 0.15) is 11.4 Å². The highest BCUT2D eigenvalue weighted by molar-refractivity contribution is 5.86. The second kappa shape index (κ2) is 5.71. The van der Waals surface area contributed by atoms with E-state index in [0.29, 0.717) is 0 Å². The van der Waals surface area contributed by atoms with E-state index in [0.717, 1.165) is 25.0 Å². The summed E-state index contributed by atoms with van der Waals surface area (Å²) in [6, 6.07) is 1.95. The van der Waals surface area contributed by atoms with Gasteiger partial charge in [0.05, 0.1) is 0 Å². The Morgan fingerprint density at radius 2 is 1.89 bits per heavy atom. The van der Waals surface area contributed by atoms with Crippen LogP contribution in [-0.4, -0.2) is 20.7 Å². The van der Waals surface area contributed by atoms with Crippen LogP contribution in [0.15, 0.2) is 16.9 Å². The van der Waals surface area contributed by atoms with Crippen LogP contribution in [0.2, 0.25) is 0 Å².